The molecule has 1 aromatic rings. The fourth-order valence-corrected chi connectivity index (χ4v) is 0.779. The van der Waals surface area contributed by atoms with Crippen LogP contribution >= 0.6 is 0 Å². The normalized spacial score (nSPS) is 9.75. The summed E-state index contributed by atoms with van der Waals surface area (Å²) in [6, 6.07) is 0. The zero-order valence-electron chi connectivity index (χ0n) is 4.37. The van der Waals surface area contributed by atoms with E-state index in [9.17, 15) is 0 Å². The molecule has 1 rings (SSSR count). The van der Waals surface area contributed by atoms with Crippen LogP contribution in [-0.4, -0.2) is 45.9 Å². The molecular formula is C3H3BN3Sb. The number of aryl methyl sites for hydroxylation is 1. The van der Waals surface area contributed by atoms with Crippen molar-refractivity contribution in [3.05, 3.63) is 5.69 Å². The molecule has 0 saturated carbocycles. The van der Waals surface area contributed by atoms with E-state index in [2.05, 4.69) is 10.2 Å². The second-order valence-corrected chi connectivity index (χ2v) is 2.64. The van der Waals surface area contributed by atoms with Crippen molar-refractivity contribution < 1.29 is 0 Å². The first-order chi connectivity index (χ1) is 3.70. The van der Waals surface area contributed by atoms with Gasteiger partial charge in [0.1, 0.15) is 0 Å². The van der Waals surface area contributed by atoms with Crippen LogP contribution in [0.5, 0.6) is 0 Å². The van der Waals surface area contributed by atoms with Crippen LogP contribution in [0, 0.1) is 6.92 Å². The average Bonchev–Trinajstić information content (AvgIpc) is 1.85. The quantitative estimate of drug-likeness (QED) is 0.482. The summed E-state index contributed by atoms with van der Waals surface area (Å²) in [7, 11) is 5.18. The minimum absolute atomic E-state index is 0.904. The van der Waals surface area contributed by atoms with Gasteiger partial charge in [0.25, 0.3) is 0 Å². The zero-order valence-corrected chi connectivity index (χ0v) is 6.92. The van der Waals surface area contributed by atoms with Gasteiger partial charge in [0.05, 0.1) is 0 Å². The SMILES string of the molecule is [B]n1nc(C)[c]([Sb])n1. The van der Waals surface area contributed by atoms with E-state index in [4.69, 9.17) is 7.98 Å². The molecule has 0 bridgehead atoms. The van der Waals surface area contributed by atoms with Crippen molar-refractivity contribution in [2.75, 3.05) is 0 Å². The molecule has 0 N–H and O–H groups in total. The Morgan fingerprint density at radius 1 is 1.62 bits per heavy atom. The van der Waals surface area contributed by atoms with Crippen LogP contribution in [0.3, 0.4) is 0 Å². The van der Waals surface area contributed by atoms with Crippen molar-refractivity contribution in [1.29, 1.82) is 0 Å². The average molecular weight is 214 g/mol. The van der Waals surface area contributed by atoms with E-state index in [-0.39, 0.29) is 0 Å². The standard InChI is InChI=1S/C3H3BN3.Sb/c1-3-2-5-7(4)6-3;/h1H3;. The van der Waals surface area contributed by atoms with Gasteiger partial charge >= 0.3 is 62.2 Å². The molecule has 0 aliphatic carbocycles. The van der Waals surface area contributed by atoms with E-state index in [1.807, 2.05) is 6.92 Å². The van der Waals surface area contributed by atoms with Gasteiger partial charge in [-0.1, -0.05) is 0 Å². The number of aromatic nitrogens is 3. The predicted molar refractivity (Wildman–Crippen MR) is 31.3 cm³/mol. The molecule has 38 valence electrons. The maximum absolute atomic E-state index is 5.18. The molecule has 8 heavy (non-hydrogen) atoms. The molecule has 0 spiro atoms. The third kappa shape index (κ3) is 1.05. The Morgan fingerprint density at radius 2 is 2.25 bits per heavy atom. The molecule has 0 amide bonds. The molecule has 0 atom stereocenters. The topological polar surface area (TPSA) is 30.7 Å². The van der Waals surface area contributed by atoms with E-state index in [1.165, 1.54) is 23.0 Å². The second-order valence-electron chi connectivity index (χ2n) is 1.43. The summed E-state index contributed by atoms with van der Waals surface area (Å²) in [5.41, 5.74) is 0.904. The van der Waals surface area contributed by atoms with Gasteiger partial charge in [0.15, 0.2) is 0 Å². The Kier molecular flexibility index (Phi) is 1.61. The van der Waals surface area contributed by atoms with Crippen LogP contribution in [0.4, 0.5) is 0 Å². The molecule has 0 aromatic carbocycles. The van der Waals surface area contributed by atoms with E-state index < -0.39 is 0 Å². The maximum atomic E-state index is 5.18. The monoisotopic (exact) mass is 213 g/mol. The van der Waals surface area contributed by atoms with Crippen molar-refractivity contribution in [3.8, 4) is 0 Å². The Morgan fingerprint density at radius 3 is 2.38 bits per heavy atom. The molecule has 0 aliphatic rings. The third-order valence-electron chi connectivity index (χ3n) is 0.773. The van der Waals surface area contributed by atoms with Gasteiger partial charge < -0.3 is 0 Å². The Bertz CT molecular complexity index is 177. The summed E-state index contributed by atoms with van der Waals surface area (Å²) in [6.07, 6.45) is 0. The van der Waals surface area contributed by atoms with Gasteiger partial charge in [-0.2, -0.15) is 0 Å². The van der Waals surface area contributed by atoms with Crippen LogP contribution < -0.4 is 3.64 Å². The Labute approximate surface area is 62.4 Å². The number of hydrogen-bond donors (Lipinski definition) is 0. The zero-order chi connectivity index (χ0) is 6.15. The third-order valence-corrected chi connectivity index (χ3v) is 1.95. The molecule has 0 saturated heterocycles. The van der Waals surface area contributed by atoms with Crippen molar-refractivity contribution in [2.24, 2.45) is 0 Å². The molecule has 0 fully saturated rings. The summed E-state index contributed by atoms with van der Waals surface area (Å²) >= 11 is 1.53. The molecule has 5 heteroatoms. The molecule has 0 aliphatic heterocycles. The first kappa shape index (κ1) is 6.15. The molecule has 4 radical (unpaired) electrons. The van der Waals surface area contributed by atoms with Crippen molar-refractivity contribution >= 4 is 34.6 Å². The summed E-state index contributed by atoms with van der Waals surface area (Å²) in [4.78, 5) is 0. The van der Waals surface area contributed by atoms with Crippen molar-refractivity contribution in [2.45, 2.75) is 6.92 Å². The van der Waals surface area contributed by atoms with Gasteiger partial charge in [-0.3, -0.25) is 0 Å². The minimum atomic E-state index is 0.904. The molecule has 1 heterocycles. The number of hydrogen-bond acceptors (Lipinski definition) is 2. The van der Waals surface area contributed by atoms with Crippen LogP contribution in [0.25, 0.3) is 0 Å². The number of rotatable bonds is 0. The Hall–Kier alpha value is 0.0231. The summed E-state index contributed by atoms with van der Waals surface area (Å²) in [5.74, 6) is 0. The van der Waals surface area contributed by atoms with Crippen LogP contribution in [-0.2, 0) is 0 Å². The van der Waals surface area contributed by atoms with Gasteiger partial charge in [-0.25, -0.2) is 0 Å². The fraction of sp³-hybridized carbons (Fsp3) is 0.333. The van der Waals surface area contributed by atoms with Gasteiger partial charge in [-0.05, 0) is 0 Å². The first-order valence-corrected chi connectivity index (χ1v) is 3.36. The molecular weight excluding hydrogens is 211 g/mol. The molecule has 3 nitrogen and oxygen atoms in total. The van der Waals surface area contributed by atoms with Gasteiger partial charge in [-0.15, -0.1) is 0 Å². The van der Waals surface area contributed by atoms with E-state index in [0.717, 1.165) is 14.0 Å². The van der Waals surface area contributed by atoms with Crippen LogP contribution in [0.15, 0.2) is 0 Å². The van der Waals surface area contributed by atoms with E-state index >= 15 is 0 Å². The van der Waals surface area contributed by atoms with E-state index in [1.54, 1.807) is 0 Å². The van der Waals surface area contributed by atoms with Crippen LogP contribution in [0.1, 0.15) is 5.69 Å². The Balaban J connectivity index is 3.14. The summed E-state index contributed by atoms with van der Waals surface area (Å²) < 4.78 is 2.02. The molecule has 0 unspecified atom stereocenters. The first-order valence-electron chi connectivity index (χ1n) is 2.08. The predicted octanol–water partition coefficient (Wildman–Crippen LogP) is -1.69. The molecule has 1 aromatic heterocycles. The summed E-state index contributed by atoms with van der Waals surface area (Å²) in [5, 5.41) is 7.62. The van der Waals surface area contributed by atoms with Gasteiger partial charge in [0, 0.05) is 0 Å². The fourth-order valence-electron chi connectivity index (χ4n) is 0.390. The van der Waals surface area contributed by atoms with Gasteiger partial charge in [0.2, 0.25) is 0 Å². The van der Waals surface area contributed by atoms with Crippen molar-refractivity contribution in [3.63, 3.8) is 0 Å². The second kappa shape index (κ2) is 2.10. The van der Waals surface area contributed by atoms with Crippen LogP contribution in [0.2, 0.25) is 0 Å². The number of nitrogens with zero attached hydrogens (tertiary/aromatic N) is 3. The van der Waals surface area contributed by atoms with E-state index in [0.29, 0.717) is 0 Å². The summed E-state index contributed by atoms with van der Waals surface area (Å²) in [6.45, 7) is 1.88. The van der Waals surface area contributed by atoms with Crippen molar-refractivity contribution in [1.82, 2.24) is 14.9 Å².